The first-order valence-corrected chi connectivity index (χ1v) is 7.66. The number of rotatable bonds is 3. The van der Waals surface area contributed by atoms with Crippen molar-refractivity contribution < 1.29 is 0 Å². The number of hydrogen-bond donors (Lipinski definition) is 1. The predicted octanol–water partition coefficient (Wildman–Crippen LogP) is 3.61. The minimum atomic E-state index is 0.355. The normalized spacial score (nSPS) is 11.0. The van der Waals surface area contributed by atoms with Crippen molar-refractivity contribution >= 4 is 50.2 Å². The van der Waals surface area contributed by atoms with Crippen molar-refractivity contribution in [3.8, 4) is 0 Å². The minimum absolute atomic E-state index is 0.355. The second-order valence-corrected chi connectivity index (χ2v) is 6.09. The molecule has 0 unspecified atom stereocenters. The van der Waals surface area contributed by atoms with E-state index in [1.165, 1.54) is 16.9 Å². The second-order valence-electron chi connectivity index (χ2n) is 3.78. The van der Waals surface area contributed by atoms with Crippen molar-refractivity contribution in [2.24, 2.45) is 0 Å². The third-order valence-electron chi connectivity index (χ3n) is 2.42. The van der Waals surface area contributed by atoms with E-state index < -0.39 is 0 Å². The number of aromatic nitrogens is 3. The van der Waals surface area contributed by atoms with Crippen molar-refractivity contribution in [1.82, 2.24) is 15.0 Å². The first kappa shape index (κ1) is 12.7. The fourth-order valence-electron chi connectivity index (χ4n) is 1.57. The number of fused-ring (bicyclic) bond motifs is 1. The smallest absolute Gasteiger partial charge is 0.190 e. The lowest BCUT2D eigenvalue weighted by Crippen LogP contribution is -1.89. The van der Waals surface area contributed by atoms with Crippen LogP contribution in [0.3, 0.4) is 0 Å². The Morgan fingerprint density at radius 1 is 1.16 bits per heavy atom. The molecule has 4 nitrogen and oxygen atoms in total. The summed E-state index contributed by atoms with van der Waals surface area (Å²) in [5.41, 5.74) is 7.44. The summed E-state index contributed by atoms with van der Waals surface area (Å²) in [6.07, 6.45) is 0. The molecule has 0 atom stereocenters. The highest BCUT2D eigenvalue weighted by atomic mass is 35.5. The summed E-state index contributed by atoms with van der Waals surface area (Å²) in [4.78, 5) is 13.5. The van der Waals surface area contributed by atoms with E-state index in [0.717, 1.165) is 10.6 Å². The molecule has 3 rings (SSSR count). The first-order valence-electron chi connectivity index (χ1n) is 5.48. The summed E-state index contributed by atoms with van der Waals surface area (Å²) in [7, 11) is 0. The molecule has 0 radical (unpaired) electrons. The van der Waals surface area contributed by atoms with E-state index >= 15 is 0 Å². The Hall–Kier alpha value is -1.37. The second kappa shape index (κ2) is 5.32. The zero-order valence-corrected chi connectivity index (χ0v) is 12.1. The molecule has 0 bridgehead atoms. The van der Waals surface area contributed by atoms with Gasteiger partial charge in [0.25, 0.3) is 0 Å². The maximum atomic E-state index is 6.08. The van der Waals surface area contributed by atoms with Gasteiger partial charge in [-0.25, -0.2) is 15.0 Å². The van der Waals surface area contributed by atoms with Crippen molar-refractivity contribution in [2.45, 2.75) is 10.9 Å². The third-order valence-corrected chi connectivity index (χ3v) is 4.38. The molecule has 0 saturated carbocycles. The van der Waals surface area contributed by atoms with Gasteiger partial charge in [-0.15, -0.1) is 0 Å². The number of halogens is 1. The van der Waals surface area contributed by atoms with E-state index in [-0.39, 0.29) is 0 Å². The Balaban J connectivity index is 1.85. The third kappa shape index (κ3) is 2.80. The molecule has 2 heterocycles. The number of thiazole rings is 1. The fourth-order valence-corrected chi connectivity index (χ4v) is 3.46. The number of thioether (sulfide) groups is 1. The number of nitrogens with zero attached hydrogens (tertiary/aromatic N) is 3. The molecule has 0 aliphatic rings. The topological polar surface area (TPSA) is 64.7 Å². The van der Waals surface area contributed by atoms with Gasteiger partial charge in [-0.1, -0.05) is 65.0 Å². The van der Waals surface area contributed by atoms with E-state index in [1.54, 1.807) is 11.8 Å². The SMILES string of the molecule is Nc1nc2c(Cl)nc(SCc3ccccc3)nc2s1. The van der Waals surface area contributed by atoms with Gasteiger partial charge >= 0.3 is 0 Å². The summed E-state index contributed by atoms with van der Waals surface area (Å²) in [6, 6.07) is 10.1. The average molecular weight is 309 g/mol. The molecule has 96 valence electrons. The van der Waals surface area contributed by atoms with E-state index in [2.05, 4.69) is 27.1 Å². The van der Waals surface area contributed by atoms with Crippen molar-refractivity contribution in [3.05, 3.63) is 41.0 Å². The molecule has 1 aromatic carbocycles. The van der Waals surface area contributed by atoms with Gasteiger partial charge in [0.1, 0.15) is 5.52 Å². The van der Waals surface area contributed by atoms with Gasteiger partial charge in [-0.3, -0.25) is 0 Å². The lowest BCUT2D eigenvalue weighted by Gasteiger charge is -2.01. The maximum absolute atomic E-state index is 6.08. The van der Waals surface area contributed by atoms with Gasteiger partial charge in [0.15, 0.2) is 20.3 Å². The molecule has 0 amide bonds. The van der Waals surface area contributed by atoms with Gasteiger partial charge in [0.05, 0.1) is 0 Å². The first-order chi connectivity index (χ1) is 9.22. The molecule has 7 heteroatoms. The lowest BCUT2D eigenvalue weighted by atomic mass is 10.2. The molecule has 2 aromatic heterocycles. The van der Waals surface area contributed by atoms with Crippen LogP contribution in [0.2, 0.25) is 5.15 Å². The standard InChI is InChI=1S/C12H9ClN4S2/c13-9-8-10(19-11(14)15-8)17-12(16-9)18-6-7-4-2-1-3-5-7/h1-5H,6H2,(H2,14,15). The number of nitrogens with two attached hydrogens (primary N) is 1. The highest BCUT2D eigenvalue weighted by Gasteiger charge is 2.11. The number of hydrogen-bond acceptors (Lipinski definition) is 6. The van der Waals surface area contributed by atoms with Crippen molar-refractivity contribution in [3.63, 3.8) is 0 Å². The van der Waals surface area contributed by atoms with Gasteiger partial charge in [0, 0.05) is 5.75 Å². The molecule has 0 aliphatic heterocycles. The van der Waals surface area contributed by atoms with Crippen molar-refractivity contribution in [2.75, 3.05) is 5.73 Å². The molecule has 2 N–H and O–H groups in total. The van der Waals surface area contributed by atoms with Crippen LogP contribution in [0, 0.1) is 0 Å². The van der Waals surface area contributed by atoms with Crippen molar-refractivity contribution in [1.29, 1.82) is 0 Å². The van der Waals surface area contributed by atoms with Gasteiger partial charge in [-0.05, 0) is 5.56 Å². The predicted molar refractivity (Wildman–Crippen MR) is 80.6 cm³/mol. The van der Waals surface area contributed by atoms with E-state index in [1.807, 2.05) is 18.2 Å². The van der Waals surface area contributed by atoms with Gasteiger partial charge in [0.2, 0.25) is 0 Å². The van der Waals surface area contributed by atoms with Crippen LogP contribution < -0.4 is 5.73 Å². The summed E-state index contributed by atoms with van der Waals surface area (Å²) in [6.45, 7) is 0. The average Bonchev–Trinajstić information content (AvgIpc) is 2.79. The highest BCUT2D eigenvalue weighted by molar-refractivity contribution is 7.98. The molecule has 3 aromatic rings. The summed E-state index contributed by atoms with van der Waals surface area (Å²) in [5.74, 6) is 0.803. The number of nitrogen functional groups attached to an aromatic ring is 1. The van der Waals surface area contributed by atoms with Crippen LogP contribution in [0.15, 0.2) is 35.5 Å². The quantitative estimate of drug-likeness (QED) is 0.455. The van der Waals surface area contributed by atoms with E-state index in [0.29, 0.717) is 21.0 Å². The summed E-state index contributed by atoms with van der Waals surface area (Å²) >= 11 is 8.94. The van der Waals surface area contributed by atoms with Crippen LogP contribution in [-0.4, -0.2) is 15.0 Å². The monoisotopic (exact) mass is 308 g/mol. The fraction of sp³-hybridized carbons (Fsp3) is 0.0833. The Labute approximate surface area is 123 Å². The van der Waals surface area contributed by atoms with Crippen LogP contribution in [0.1, 0.15) is 5.56 Å². The molecule has 0 aliphatic carbocycles. The number of benzene rings is 1. The molecule has 0 saturated heterocycles. The maximum Gasteiger partial charge on any atom is 0.190 e. The summed E-state index contributed by atoms with van der Waals surface area (Å²) in [5, 5.41) is 1.45. The van der Waals surface area contributed by atoms with Gasteiger partial charge < -0.3 is 5.73 Å². The summed E-state index contributed by atoms with van der Waals surface area (Å²) < 4.78 is 0. The highest BCUT2D eigenvalue weighted by Crippen LogP contribution is 2.30. The van der Waals surface area contributed by atoms with E-state index in [4.69, 9.17) is 17.3 Å². The minimum Gasteiger partial charge on any atom is -0.375 e. The molecule has 0 fully saturated rings. The van der Waals surface area contributed by atoms with Gasteiger partial charge in [-0.2, -0.15) is 0 Å². The Kier molecular flexibility index (Phi) is 3.54. The Morgan fingerprint density at radius 2 is 1.95 bits per heavy atom. The number of anilines is 1. The van der Waals surface area contributed by atoms with Crippen LogP contribution >= 0.6 is 34.7 Å². The van der Waals surface area contributed by atoms with Crippen LogP contribution in [0.5, 0.6) is 0 Å². The molecule has 19 heavy (non-hydrogen) atoms. The Bertz CT molecular complexity index is 714. The van der Waals surface area contributed by atoms with Crippen LogP contribution in [0.25, 0.3) is 10.3 Å². The molecular weight excluding hydrogens is 300 g/mol. The van der Waals surface area contributed by atoms with Crippen LogP contribution in [-0.2, 0) is 5.75 Å². The Morgan fingerprint density at radius 3 is 2.74 bits per heavy atom. The molecular formula is C12H9ClN4S2. The molecule has 0 spiro atoms. The largest absolute Gasteiger partial charge is 0.375 e. The van der Waals surface area contributed by atoms with Crippen LogP contribution in [0.4, 0.5) is 5.13 Å². The van der Waals surface area contributed by atoms with E-state index in [9.17, 15) is 0 Å². The zero-order chi connectivity index (χ0) is 13.2. The lowest BCUT2D eigenvalue weighted by molar-refractivity contribution is 1.01. The zero-order valence-electron chi connectivity index (χ0n) is 9.71.